The molecule has 0 bridgehead atoms. The lowest BCUT2D eigenvalue weighted by atomic mass is 10.1. The summed E-state index contributed by atoms with van der Waals surface area (Å²) in [7, 11) is 0. The third kappa shape index (κ3) is 5.10. The fraction of sp³-hybridized carbons (Fsp3) is 0.312. The Hall–Kier alpha value is -1.46. The highest BCUT2D eigenvalue weighted by Gasteiger charge is 2.13. The molecule has 1 N–H and O–H groups in total. The molecule has 0 aliphatic heterocycles. The van der Waals surface area contributed by atoms with E-state index in [4.69, 9.17) is 4.74 Å². The Kier molecular flexibility index (Phi) is 4.96. The normalized spacial score (nSPS) is 11.5. The third-order valence-electron chi connectivity index (χ3n) is 2.71. The van der Waals surface area contributed by atoms with Crippen molar-refractivity contribution in [1.82, 2.24) is 10.3 Å². The van der Waals surface area contributed by atoms with Crippen LogP contribution in [0.25, 0.3) is 0 Å². The molecule has 0 radical (unpaired) electrons. The standard InChI is InChI=1S/C16H18BrFN2O/c1-16(2,3)20-9-11-7-12(17)10-19-15(11)21-14-6-4-5-13(18)8-14/h4-8,10,20H,9H2,1-3H3. The van der Waals surface area contributed by atoms with Gasteiger partial charge in [0.15, 0.2) is 0 Å². The van der Waals surface area contributed by atoms with Crippen molar-refractivity contribution in [3.63, 3.8) is 0 Å². The summed E-state index contributed by atoms with van der Waals surface area (Å²) >= 11 is 3.41. The topological polar surface area (TPSA) is 34.2 Å². The monoisotopic (exact) mass is 352 g/mol. The molecule has 0 aliphatic rings. The van der Waals surface area contributed by atoms with Crippen molar-refractivity contribution in [2.75, 3.05) is 0 Å². The second-order valence-electron chi connectivity index (χ2n) is 5.78. The second-order valence-corrected chi connectivity index (χ2v) is 6.70. The molecule has 0 unspecified atom stereocenters. The van der Waals surface area contributed by atoms with E-state index in [1.165, 1.54) is 12.1 Å². The Balaban J connectivity index is 2.22. The van der Waals surface area contributed by atoms with Crippen molar-refractivity contribution >= 4 is 15.9 Å². The van der Waals surface area contributed by atoms with Gasteiger partial charge in [0.05, 0.1) is 0 Å². The van der Waals surface area contributed by atoms with Gasteiger partial charge in [0.25, 0.3) is 0 Å². The summed E-state index contributed by atoms with van der Waals surface area (Å²) in [5.41, 5.74) is 0.891. The maximum Gasteiger partial charge on any atom is 0.223 e. The summed E-state index contributed by atoms with van der Waals surface area (Å²) in [5.74, 6) is 0.571. The van der Waals surface area contributed by atoms with Gasteiger partial charge in [-0.3, -0.25) is 0 Å². The smallest absolute Gasteiger partial charge is 0.223 e. The van der Waals surface area contributed by atoms with Gasteiger partial charge in [-0.25, -0.2) is 9.37 Å². The van der Waals surface area contributed by atoms with Crippen LogP contribution in [-0.4, -0.2) is 10.5 Å². The van der Waals surface area contributed by atoms with Crippen LogP contribution >= 0.6 is 15.9 Å². The summed E-state index contributed by atoms with van der Waals surface area (Å²) in [5, 5.41) is 3.39. The van der Waals surface area contributed by atoms with Gasteiger partial charge < -0.3 is 10.1 Å². The van der Waals surface area contributed by atoms with Crippen molar-refractivity contribution in [1.29, 1.82) is 0 Å². The highest BCUT2D eigenvalue weighted by molar-refractivity contribution is 9.10. The number of hydrogen-bond acceptors (Lipinski definition) is 3. The maximum absolute atomic E-state index is 13.2. The zero-order chi connectivity index (χ0) is 15.5. The molecule has 0 aliphatic carbocycles. The van der Waals surface area contributed by atoms with E-state index in [9.17, 15) is 4.39 Å². The molecule has 0 atom stereocenters. The molecule has 0 fully saturated rings. The first-order valence-corrected chi connectivity index (χ1v) is 7.46. The van der Waals surface area contributed by atoms with E-state index in [0.29, 0.717) is 18.2 Å². The van der Waals surface area contributed by atoms with Crippen molar-refractivity contribution in [2.24, 2.45) is 0 Å². The molecule has 2 rings (SSSR count). The fourth-order valence-corrected chi connectivity index (χ4v) is 2.07. The Labute approximate surface area is 132 Å². The van der Waals surface area contributed by atoms with Gasteiger partial charge in [-0.1, -0.05) is 6.07 Å². The average molecular weight is 353 g/mol. The van der Waals surface area contributed by atoms with Gasteiger partial charge in [-0.15, -0.1) is 0 Å². The number of hydrogen-bond donors (Lipinski definition) is 1. The van der Waals surface area contributed by atoms with Crippen LogP contribution in [-0.2, 0) is 6.54 Å². The first-order valence-electron chi connectivity index (χ1n) is 6.66. The molecular formula is C16H18BrFN2O. The van der Waals surface area contributed by atoms with E-state index in [2.05, 4.69) is 47.0 Å². The molecule has 21 heavy (non-hydrogen) atoms. The maximum atomic E-state index is 13.2. The third-order valence-corrected chi connectivity index (χ3v) is 3.15. The molecule has 5 heteroatoms. The van der Waals surface area contributed by atoms with Crippen LogP contribution in [0.4, 0.5) is 4.39 Å². The van der Waals surface area contributed by atoms with Crippen molar-refractivity contribution in [2.45, 2.75) is 32.9 Å². The van der Waals surface area contributed by atoms with Crippen LogP contribution < -0.4 is 10.1 Å². The molecule has 0 saturated heterocycles. The minimum Gasteiger partial charge on any atom is -0.439 e. The predicted molar refractivity (Wildman–Crippen MR) is 85.0 cm³/mol. The quantitative estimate of drug-likeness (QED) is 0.868. The number of halogens is 2. The van der Waals surface area contributed by atoms with Crippen LogP contribution in [0, 0.1) is 5.82 Å². The van der Waals surface area contributed by atoms with E-state index >= 15 is 0 Å². The molecule has 0 saturated carbocycles. The number of ether oxygens (including phenoxy) is 1. The molecular weight excluding hydrogens is 335 g/mol. The molecule has 0 spiro atoms. The largest absolute Gasteiger partial charge is 0.439 e. The number of nitrogens with zero attached hydrogens (tertiary/aromatic N) is 1. The van der Waals surface area contributed by atoms with Gasteiger partial charge in [-0.05, 0) is 54.9 Å². The highest BCUT2D eigenvalue weighted by Crippen LogP contribution is 2.26. The molecule has 3 nitrogen and oxygen atoms in total. The van der Waals surface area contributed by atoms with E-state index in [1.54, 1.807) is 18.3 Å². The Morgan fingerprint density at radius 2 is 2.05 bits per heavy atom. The molecule has 2 aromatic rings. The van der Waals surface area contributed by atoms with Gasteiger partial charge in [0.2, 0.25) is 5.88 Å². The Bertz CT molecular complexity index is 626. The van der Waals surface area contributed by atoms with E-state index in [1.807, 2.05) is 6.07 Å². The summed E-state index contributed by atoms with van der Waals surface area (Å²) in [6.45, 7) is 6.88. The van der Waals surface area contributed by atoms with Crippen molar-refractivity contribution < 1.29 is 9.13 Å². The number of nitrogens with one attached hydrogen (secondary N) is 1. The van der Waals surface area contributed by atoms with Crippen LogP contribution in [0.3, 0.4) is 0 Å². The summed E-state index contributed by atoms with van der Waals surface area (Å²) < 4.78 is 19.8. The van der Waals surface area contributed by atoms with Crippen LogP contribution in [0.2, 0.25) is 0 Å². The average Bonchev–Trinajstić information content (AvgIpc) is 2.38. The first kappa shape index (κ1) is 15.9. The lowest BCUT2D eigenvalue weighted by Crippen LogP contribution is -2.35. The second kappa shape index (κ2) is 6.54. The van der Waals surface area contributed by atoms with Gasteiger partial charge in [0.1, 0.15) is 11.6 Å². The Morgan fingerprint density at radius 1 is 1.29 bits per heavy atom. The molecule has 112 valence electrons. The lowest BCUT2D eigenvalue weighted by molar-refractivity contribution is 0.408. The fourth-order valence-electron chi connectivity index (χ4n) is 1.69. The lowest BCUT2D eigenvalue weighted by Gasteiger charge is -2.21. The van der Waals surface area contributed by atoms with Gasteiger partial charge in [0, 0.05) is 34.4 Å². The zero-order valence-corrected chi connectivity index (χ0v) is 13.9. The van der Waals surface area contributed by atoms with E-state index < -0.39 is 0 Å². The van der Waals surface area contributed by atoms with E-state index in [0.717, 1.165) is 10.0 Å². The summed E-state index contributed by atoms with van der Waals surface area (Å²) in [6.07, 6.45) is 1.66. The molecule has 1 aromatic carbocycles. The Morgan fingerprint density at radius 3 is 2.71 bits per heavy atom. The molecule has 0 amide bonds. The van der Waals surface area contributed by atoms with Crippen LogP contribution in [0.15, 0.2) is 41.0 Å². The summed E-state index contributed by atoms with van der Waals surface area (Å²) in [6, 6.07) is 7.97. The minimum atomic E-state index is -0.334. The van der Waals surface area contributed by atoms with Crippen LogP contribution in [0.1, 0.15) is 26.3 Å². The molecule has 1 aromatic heterocycles. The SMILES string of the molecule is CC(C)(C)NCc1cc(Br)cnc1Oc1cccc(F)c1. The number of benzene rings is 1. The number of aromatic nitrogens is 1. The number of rotatable bonds is 4. The van der Waals surface area contributed by atoms with Crippen molar-refractivity contribution in [3.05, 3.63) is 52.4 Å². The summed E-state index contributed by atoms with van der Waals surface area (Å²) in [4.78, 5) is 4.27. The zero-order valence-electron chi connectivity index (χ0n) is 12.3. The van der Waals surface area contributed by atoms with E-state index in [-0.39, 0.29) is 11.4 Å². The first-order chi connectivity index (χ1) is 9.83. The predicted octanol–water partition coefficient (Wildman–Crippen LogP) is 4.66. The molecule has 1 heterocycles. The van der Waals surface area contributed by atoms with Crippen LogP contribution in [0.5, 0.6) is 11.6 Å². The minimum absolute atomic E-state index is 0.0154. The van der Waals surface area contributed by atoms with Gasteiger partial charge >= 0.3 is 0 Å². The van der Waals surface area contributed by atoms with Gasteiger partial charge in [-0.2, -0.15) is 0 Å². The number of pyridine rings is 1. The van der Waals surface area contributed by atoms with Crippen molar-refractivity contribution in [3.8, 4) is 11.6 Å². The highest BCUT2D eigenvalue weighted by atomic mass is 79.9.